The van der Waals surface area contributed by atoms with Crippen molar-refractivity contribution in [1.29, 1.82) is 0 Å². The number of aliphatic hydroxyl groups is 1. The molecule has 5 nitrogen and oxygen atoms in total. The Morgan fingerprint density at radius 2 is 1.43 bits per heavy atom. The predicted octanol–water partition coefficient (Wildman–Crippen LogP) is 3.84. The largest absolute Gasteiger partial charge is 0.372 e. The molecule has 30 heavy (non-hydrogen) atoms. The van der Waals surface area contributed by atoms with Gasteiger partial charge in [0.2, 0.25) is 0 Å². The van der Waals surface area contributed by atoms with E-state index in [0.29, 0.717) is 16.8 Å². The standard InChI is InChI=1S/C24H23ClN2O3/c1-17-8-6-10-19(14-17)24(30,20-11-7-9-18(2)15-20)23(29)26-27(22(28)16-25)21-12-4-3-5-13-21/h3-15,30H,16H2,1-2H3,(H,26,29). The summed E-state index contributed by atoms with van der Waals surface area (Å²) in [5, 5.41) is 12.8. The summed E-state index contributed by atoms with van der Waals surface area (Å²) in [7, 11) is 0. The van der Waals surface area contributed by atoms with Gasteiger partial charge in [0.05, 0.1) is 5.69 Å². The Hall–Kier alpha value is -3.15. The Labute approximate surface area is 180 Å². The number of anilines is 1. The number of rotatable bonds is 5. The molecule has 0 aliphatic carbocycles. The van der Waals surface area contributed by atoms with E-state index in [0.717, 1.165) is 16.1 Å². The number of benzene rings is 3. The van der Waals surface area contributed by atoms with Crippen LogP contribution in [0, 0.1) is 13.8 Å². The minimum Gasteiger partial charge on any atom is -0.372 e. The van der Waals surface area contributed by atoms with Crippen LogP contribution >= 0.6 is 11.6 Å². The van der Waals surface area contributed by atoms with E-state index < -0.39 is 17.4 Å². The van der Waals surface area contributed by atoms with Crippen LogP contribution in [0.2, 0.25) is 0 Å². The maximum atomic E-state index is 13.5. The summed E-state index contributed by atoms with van der Waals surface area (Å²) < 4.78 is 0. The second-order valence-corrected chi connectivity index (χ2v) is 7.36. The SMILES string of the molecule is Cc1cccc(C(O)(C(=O)NN(C(=O)CCl)c2ccccc2)c2cccc(C)c2)c1. The molecule has 6 heteroatoms. The van der Waals surface area contributed by atoms with Crippen molar-refractivity contribution < 1.29 is 14.7 Å². The molecule has 0 unspecified atom stereocenters. The number of hydrazine groups is 1. The van der Waals surface area contributed by atoms with Crippen molar-refractivity contribution in [2.24, 2.45) is 0 Å². The molecule has 0 bridgehead atoms. The van der Waals surface area contributed by atoms with E-state index in [2.05, 4.69) is 5.43 Å². The zero-order valence-electron chi connectivity index (χ0n) is 16.8. The maximum Gasteiger partial charge on any atom is 0.280 e. The number of carbonyl (C=O) groups is 2. The van der Waals surface area contributed by atoms with Crippen molar-refractivity contribution in [3.05, 3.63) is 101 Å². The minimum absolute atomic E-state index is 0.331. The van der Waals surface area contributed by atoms with Crippen LogP contribution in [-0.4, -0.2) is 22.8 Å². The van der Waals surface area contributed by atoms with E-state index >= 15 is 0 Å². The summed E-state index contributed by atoms with van der Waals surface area (Å²) in [6.45, 7) is 3.76. The Kier molecular flexibility index (Phi) is 6.55. The Morgan fingerprint density at radius 3 is 1.90 bits per heavy atom. The number of halogens is 1. The van der Waals surface area contributed by atoms with E-state index in [1.165, 1.54) is 0 Å². The first kappa shape index (κ1) is 21.6. The van der Waals surface area contributed by atoms with E-state index in [1.807, 2.05) is 26.0 Å². The highest BCUT2D eigenvalue weighted by molar-refractivity contribution is 6.29. The third-order valence-corrected chi connectivity index (χ3v) is 5.02. The number of alkyl halides is 1. The third kappa shape index (κ3) is 4.37. The summed E-state index contributed by atoms with van der Waals surface area (Å²) in [4.78, 5) is 25.9. The molecule has 3 rings (SSSR count). The van der Waals surface area contributed by atoms with Gasteiger partial charge in [-0.15, -0.1) is 11.6 Å². The van der Waals surface area contributed by atoms with Crippen molar-refractivity contribution >= 4 is 29.1 Å². The van der Waals surface area contributed by atoms with Crippen LogP contribution in [0.4, 0.5) is 5.69 Å². The van der Waals surface area contributed by atoms with Crippen LogP contribution in [-0.2, 0) is 15.2 Å². The lowest BCUT2D eigenvalue weighted by Crippen LogP contribution is -2.55. The van der Waals surface area contributed by atoms with Gasteiger partial charge in [0, 0.05) is 0 Å². The first-order valence-electron chi connectivity index (χ1n) is 9.48. The number of para-hydroxylation sites is 1. The number of hydrogen-bond donors (Lipinski definition) is 2. The van der Waals surface area contributed by atoms with Crippen molar-refractivity contribution in [2.45, 2.75) is 19.4 Å². The van der Waals surface area contributed by atoms with Crippen LogP contribution in [0.15, 0.2) is 78.9 Å². The van der Waals surface area contributed by atoms with Crippen LogP contribution in [0.1, 0.15) is 22.3 Å². The van der Waals surface area contributed by atoms with E-state index in [4.69, 9.17) is 11.6 Å². The molecule has 0 aliphatic rings. The number of nitrogens with zero attached hydrogens (tertiary/aromatic N) is 1. The molecule has 0 atom stereocenters. The van der Waals surface area contributed by atoms with Gasteiger partial charge in [0.1, 0.15) is 5.88 Å². The van der Waals surface area contributed by atoms with E-state index in [1.54, 1.807) is 66.7 Å². The van der Waals surface area contributed by atoms with Crippen molar-refractivity contribution in [3.8, 4) is 0 Å². The number of amides is 2. The number of nitrogens with one attached hydrogen (secondary N) is 1. The highest BCUT2D eigenvalue weighted by Gasteiger charge is 2.41. The van der Waals surface area contributed by atoms with Gasteiger partial charge in [-0.05, 0) is 37.1 Å². The Bertz CT molecular complexity index is 1010. The molecule has 2 amide bonds. The van der Waals surface area contributed by atoms with Gasteiger partial charge in [0.25, 0.3) is 11.8 Å². The summed E-state index contributed by atoms with van der Waals surface area (Å²) >= 11 is 5.76. The Morgan fingerprint density at radius 1 is 0.900 bits per heavy atom. The lowest BCUT2D eigenvalue weighted by Gasteiger charge is -2.32. The lowest BCUT2D eigenvalue weighted by molar-refractivity contribution is -0.138. The first-order chi connectivity index (χ1) is 14.4. The molecular formula is C24H23ClN2O3. The molecule has 0 heterocycles. The fourth-order valence-corrected chi connectivity index (χ4v) is 3.38. The normalized spacial score (nSPS) is 11.1. The highest BCUT2D eigenvalue weighted by atomic mass is 35.5. The fraction of sp³-hybridized carbons (Fsp3) is 0.167. The second kappa shape index (κ2) is 9.11. The van der Waals surface area contributed by atoms with Gasteiger partial charge in [-0.1, -0.05) is 77.9 Å². The molecule has 0 fully saturated rings. The molecule has 3 aromatic carbocycles. The summed E-state index contributed by atoms with van der Waals surface area (Å²) in [5.74, 6) is -1.62. The molecule has 0 saturated carbocycles. The van der Waals surface area contributed by atoms with Gasteiger partial charge in [0.15, 0.2) is 5.60 Å². The number of hydrogen-bond acceptors (Lipinski definition) is 3. The van der Waals surface area contributed by atoms with Crippen molar-refractivity contribution in [2.75, 3.05) is 10.9 Å². The minimum atomic E-state index is -2.02. The molecule has 154 valence electrons. The van der Waals surface area contributed by atoms with Gasteiger partial charge >= 0.3 is 0 Å². The molecular weight excluding hydrogens is 400 g/mol. The van der Waals surface area contributed by atoms with Gasteiger partial charge < -0.3 is 5.11 Å². The smallest absolute Gasteiger partial charge is 0.280 e. The zero-order chi connectivity index (χ0) is 21.7. The predicted molar refractivity (Wildman–Crippen MR) is 118 cm³/mol. The zero-order valence-corrected chi connectivity index (χ0v) is 17.6. The van der Waals surface area contributed by atoms with Crippen LogP contribution in [0.5, 0.6) is 0 Å². The molecule has 0 spiro atoms. The summed E-state index contributed by atoms with van der Waals surface area (Å²) in [5.41, 5.74) is 3.58. The highest BCUT2D eigenvalue weighted by Crippen LogP contribution is 2.31. The summed E-state index contributed by atoms with van der Waals surface area (Å²) in [6, 6.07) is 22.8. The third-order valence-electron chi connectivity index (χ3n) is 4.79. The monoisotopic (exact) mass is 422 g/mol. The fourth-order valence-electron chi connectivity index (χ4n) is 3.26. The lowest BCUT2D eigenvalue weighted by atomic mass is 9.84. The van der Waals surface area contributed by atoms with Crippen molar-refractivity contribution in [3.63, 3.8) is 0 Å². The molecule has 2 N–H and O–H groups in total. The quantitative estimate of drug-likeness (QED) is 0.484. The van der Waals surface area contributed by atoms with Crippen LogP contribution in [0.25, 0.3) is 0 Å². The second-order valence-electron chi connectivity index (χ2n) is 7.09. The average Bonchev–Trinajstić information content (AvgIpc) is 2.76. The summed E-state index contributed by atoms with van der Waals surface area (Å²) in [6.07, 6.45) is 0. The molecule has 0 radical (unpaired) electrons. The topological polar surface area (TPSA) is 69.6 Å². The first-order valence-corrected chi connectivity index (χ1v) is 10.0. The van der Waals surface area contributed by atoms with E-state index in [9.17, 15) is 14.7 Å². The van der Waals surface area contributed by atoms with Gasteiger partial charge in [-0.3, -0.25) is 15.0 Å². The molecule has 0 saturated heterocycles. The molecule has 3 aromatic rings. The number of carbonyl (C=O) groups excluding carboxylic acids is 2. The molecule has 0 aliphatic heterocycles. The average molecular weight is 423 g/mol. The van der Waals surface area contributed by atoms with Gasteiger partial charge in [-0.25, -0.2) is 5.01 Å². The molecule has 0 aromatic heterocycles. The van der Waals surface area contributed by atoms with Crippen LogP contribution in [0.3, 0.4) is 0 Å². The number of aryl methyl sites for hydroxylation is 2. The van der Waals surface area contributed by atoms with Gasteiger partial charge in [-0.2, -0.15) is 0 Å². The maximum absolute atomic E-state index is 13.5. The van der Waals surface area contributed by atoms with Crippen molar-refractivity contribution in [1.82, 2.24) is 5.43 Å². The Balaban J connectivity index is 2.09. The van der Waals surface area contributed by atoms with E-state index in [-0.39, 0.29) is 5.88 Å². The van der Waals surface area contributed by atoms with Crippen LogP contribution < -0.4 is 10.4 Å².